The van der Waals surface area contributed by atoms with Crippen LogP contribution < -0.4 is 10.6 Å². The average molecular weight is 177 g/mol. The van der Waals surface area contributed by atoms with Crippen LogP contribution in [0.25, 0.3) is 0 Å². The van der Waals surface area contributed by atoms with E-state index < -0.39 is 0 Å². The molecule has 0 spiro atoms. The quantitative estimate of drug-likeness (QED) is 0.721. The number of aryl methyl sites for hydroxylation is 1. The Kier molecular flexibility index (Phi) is 3.03. The van der Waals surface area contributed by atoms with Gasteiger partial charge in [0.15, 0.2) is 0 Å². The summed E-state index contributed by atoms with van der Waals surface area (Å²) in [5.74, 6) is 0.527. The lowest BCUT2D eigenvalue weighted by molar-refractivity contribution is 0.255. The zero-order valence-electron chi connectivity index (χ0n) is 7.37. The summed E-state index contributed by atoms with van der Waals surface area (Å²) in [6, 6.07) is 3.30. The first-order chi connectivity index (χ1) is 6.22. The monoisotopic (exact) mass is 177 g/mol. The largest absolute Gasteiger partial charge is 0.324 e. The number of nitrogens with one attached hydrogen (secondary N) is 2. The Morgan fingerprint density at radius 2 is 2.46 bits per heavy atom. The third-order valence-corrected chi connectivity index (χ3v) is 1.39. The van der Waals surface area contributed by atoms with Crippen molar-refractivity contribution in [2.24, 2.45) is 0 Å². The average Bonchev–Trinajstić information content (AvgIpc) is 2.04. The fourth-order valence-corrected chi connectivity index (χ4v) is 0.850. The molecule has 0 atom stereocenters. The highest BCUT2D eigenvalue weighted by Crippen LogP contribution is 2.04. The number of anilines is 1. The molecule has 0 bridgehead atoms. The number of amides is 2. The van der Waals surface area contributed by atoms with Crippen LogP contribution in [-0.4, -0.2) is 11.0 Å². The van der Waals surface area contributed by atoms with E-state index in [1.807, 2.05) is 13.0 Å². The molecule has 2 amide bonds. The topological polar surface area (TPSA) is 54.0 Å². The van der Waals surface area contributed by atoms with Gasteiger partial charge in [0.1, 0.15) is 5.82 Å². The second kappa shape index (κ2) is 4.25. The number of urea groups is 1. The van der Waals surface area contributed by atoms with E-state index in [2.05, 4.69) is 22.2 Å². The first-order valence-corrected chi connectivity index (χ1v) is 3.83. The fourth-order valence-electron chi connectivity index (χ4n) is 0.850. The van der Waals surface area contributed by atoms with Crippen LogP contribution >= 0.6 is 0 Å². The van der Waals surface area contributed by atoms with E-state index in [1.54, 1.807) is 12.3 Å². The second-order valence-electron chi connectivity index (χ2n) is 2.52. The van der Waals surface area contributed by atoms with Gasteiger partial charge in [-0.3, -0.25) is 5.32 Å². The summed E-state index contributed by atoms with van der Waals surface area (Å²) in [5.41, 5.74) is 1.05. The van der Waals surface area contributed by atoms with Crippen LogP contribution in [0, 0.1) is 6.92 Å². The molecule has 0 saturated heterocycles. The van der Waals surface area contributed by atoms with Gasteiger partial charge in [0.2, 0.25) is 0 Å². The Hall–Kier alpha value is -1.84. The second-order valence-corrected chi connectivity index (χ2v) is 2.52. The minimum Gasteiger partial charge on any atom is -0.315 e. The van der Waals surface area contributed by atoms with Crippen LogP contribution in [0.5, 0.6) is 0 Å². The number of carbonyl (C=O) groups is 1. The number of aromatic nitrogens is 1. The summed E-state index contributed by atoms with van der Waals surface area (Å²) in [4.78, 5) is 14.9. The zero-order valence-corrected chi connectivity index (χ0v) is 7.37. The van der Waals surface area contributed by atoms with Gasteiger partial charge in [0.05, 0.1) is 0 Å². The number of rotatable bonds is 2. The standard InChI is InChI=1S/C9H11N3O/c1-3-10-9(13)12-8-6-7(2)4-5-11-8/h3-6H,1H2,2H3,(H2,10,11,12,13). The van der Waals surface area contributed by atoms with Gasteiger partial charge in [-0.05, 0) is 30.8 Å². The minimum atomic E-state index is -0.340. The molecule has 0 unspecified atom stereocenters. The predicted molar refractivity (Wildman–Crippen MR) is 51.3 cm³/mol. The Bertz CT molecular complexity index is 322. The lowest BCUT2D eigenvalue weighted by atomic mass is 10.3. The van der Waals surface area contributed by atoms with Gasteiger partial charge < -0.3 is 5.32 Å². The van der Waals surface area contributed by atoms with Crippen molar-refractivity contribution < 1.29 is 4.79 Å². The molecule has 1 aromatic heterocycles. The van der Waals surface area contributed by atoms with E-state index in [1.165, 1.54) is 6.20 Å². The molecule has 0 fully saturated rings. The van der Waals surface area contributed by atoms with Crippen molar-refractivity contribution in [1.29, 1.82) is 0 Å². The molecule has 0 saturated carbocycles. The van der Waals surface area contributed by atoms with Crippen molar-refractivity contribution >= 4 is 11.8 Å². The summed E-state index contributed by atoms with van der Waals surface area (Å²) in [5, 5.41) is 4.94. The minimum absolute atomic E-state index is 0.340. The van der Waals surface area contributed by atoms with Crippen molar-refractivity contribution in [2.45, 2.75) is 6.92 Å². The van der Waals surface area contributed by atoms with E-state index in [9.17, 15) is 4.79 Å². The predicted octanol–water partition coefficient (Wildman–Crippen LogP) is 1.66. The lowest BCUT2D eigenvalue weighted by Crippen LogP contribution is -2.23. The van der Waals surface area contributed by atoms with Crippen LogP contribution in [-0.2, 0) is 0 Å². The van der Waals surface area contributed by atoms with Gasteiger partial charge in [0.25, 0.3) is 0 Å². The molecule has 0 aliphatic rings. The van der Waals surface area contributed by atoms with Crippen LogP contribution in [0.2, 0.25) is 0 Å². The van der Waals surface area contributed by atoms with Gasteiger partial charge in [-0.15, -0.1) is 0 Å². The summed E-state index contributed by atoms with van der Waals surface area (Å²) in [6.45, 7) is 5.30. The molecule has 13 heavy (non-hydrogen) atoms. The highest BCUT2D eigenvalue weighted by molar-refractivity contribution is 5.88. The molecule has 0 radical (unpaired) electrons. The molecular weight excluding hydrogens is 166 g/mol. The van der Waals surface area contributed by atoms with Crippen molar-refractivity contribution in [2.75, 3.05) is 5.32 Å². The first-order valence-electron chi connectivity index (χ1n) is 3.83. The number of nitrogens with zero attached hydrogens (tertiary/aromatic N) is 1. The van der Waals surface area contributed by atoms with Crippen molar-refractivity contribution in [1.82, 2.24) is 10.3 Å². The van der Waals surface area contributed by atoms with Crippen LogP contribution in [0.1, 0.15) is 5.56 Å². The lowest BCUT2D eigenvalue weighted by Gasteiger charge is -2.03. The molecule has 1 rings (SSSR count). The number of hydrogen-bond acceptors (Lipinski definition) is 2. The molecule has 68 valence electrons. The maximum atomic E-state index is 11.0. The molecule has 0 aromatic carbocycles. The summed E-state index contributed by atoms with van der Waals surface area (Å²) in [7, 11) is 0. The van der Waals surface area contributed by atoms with E-state index in [-0.39, 0.29) is 6.03 Å². The third kappa shape index (κ3) is 2.94. The SMILES string of the molecule is C=CNC(=O)Nc1cc(C)ccn1. The van der Waals surface area contributed by atoms with E-state index in [0.29, 0.717) is 5.82 Å². The Morgan fingerprint density at radius 1 is 1.69 bits per heavy atom. The van der Waals surface area contributed by atoms with Gasteiger partial charge in [-0.1, -0.05) is 6.58 Å². The smallest absolute Gasteiger partial charge is 0.315 e. The molecule has 1 heterocycles. The van der Waals surface area contributed by atoms with Crippen LogP contribution in [0.3, 0.4) is 0 Å². The maximum absolute atomic E-state index is 11.0. The molecule has 0 aliphatic carbocycles. The Morgan fingerprint density at radius 3 is 3.08 bits per heavy atom. The Balaban J connectivity index is 2.63. The van der Waals surface area contributed by atoms with Crippen molar-refractivity contribution in [3.05, 3.63) is 36.7 Å². The van der Waals surface area contributed by atoms with Crippen LogP contribution in [0.4, 0.5) is 10.6 Å². The van der Waals surface area contributed by atoms with Gasteiger partial charge >= 0.3 is 6.03 Å². The van der Waals surface area contributed by atoms with Gasteiger partial charge in [-0.2, -0.15) is 0 Å². The maximum Gasteiger partial charge on any atom is 0.324 e. The number of carbonyl (C=O) groups excluding carboxylic acids is 1. The van der Waals surface area contributed by atoms with E-state index in [4.69, 9.17) is 0 Å². The molecule has 2 N–H and O–H groups in total. The van der Waals surface area contributed by atoms with Crippen molar-refractivity contribution in [3.63, 3.8) is 0 Å². The van der Waals surface area contributed by atoms with Gasteiger partial charge in [-0.25, -0.2) is 9.78 Å². The number of pyridine rings is 1. The fraction of sp³-hybridized carbons (Fsp3) is 0.111. The summed E-state index contributed by atoms with van der Waals surface area (Å²) >= 11 is 0. The summed E-state index contributed by atoms with van der Waals surface area (Å²) in [6.07, 6.45) is 2.95. The van der Waals surface area contributed by atoms with Crippen LogP contribution in [0.15, 0.2) is 31.1 Å². The number of hydrogen-bond donors (Lipinski definition) is 2. The first kappa shape index (κ1) is 9.25. The normalized spacial score (nSPS) is 9.00. The molecule has 1 aromatic rings. The third-order valence-electron chi connectivity index (χ3n) is 1.39. The zero-order chi connectivity index (χ0) is 9.68. The molecule has 4 heteroatoms. The highest BCUT2D eigenvalue weighted by Gasteiger charge is 1.98. The molecule has 0 aliphatic heterocycles. The van der Waals surface area contributed by atoms with Gasteiger partial charge in [0, 0.05) is 6.20 Å². The highest BCUT2D eigenvalue weighted by atomic mass is 16.2. The molecular formula is C9H11N3O. The van der Waals surface area contributed by atoms with Crippen molar-refractivity contribution in [3.8, 4) is 0 Å². The molecule has 4 nitrogen and oxygen atoms in total. The van der Waals surface area contributed by atoms with E-state index in [0.717, 1.165) is 5.56 Å². The Labute approximate surface area is 76.7 Å². The summed E-state index contributed by atoms with van der Waals surface area (Å²) < 4.78 is 0. The van der Waals surface area contributed by atoms with E-state index >= 15 is 0 Å².